The summed E-state index contributed by atoms with van der Waals surface area (Å²) < 4.78 is 5.08. The van der Waals surface area contributed by atoms with Gasteiger partial charge >= 0.3 is 5.97 Å². The summed E-state index contributed by atoms with van der Waals surface area (Å²) >= 11 is 0. The topological polar surface area (TPSA) is 38.3 Å². The number of esters is 1. The molecule has 1 atom stereocenters. The minimum Gasteiger partial charge on any atom is -0.465 e. The van der Waals surface area contributed by atoms with E-state index in [2.05, 4.69) is 12.2 Å². The van der Waals surface area contributed by atoms with Gasteiger partial charge in [-0.3, -0.25) is 4.79 Å². The Bertz CT molecular complexity index is 174. The molecule has 0 saturated carbocycles. The summed E-state index contributed by atoms with van der Waals surface area (Å²) in [7, 11) is 0. The van der Waals surface area contributed by atoms with Gasteiger partial charge in [-0.1, -0.05) is 13.3 Å². The SMILES string of the molecule is CCCC1(C(=O)OCC)CCCN1. The molecular formula is C10H19NO2. The minimum atomic E-state index is -0.356. The lowest BCUT2D eigenvalue weighted by Gasteiger charge is -2.26. The molecule has 1 aliphatic rings. The standard InChI is InChI=1S/C10H19NO2/c1-3-6-10(7-5-8-11-10)9(12)13-4-2/h11H,3-8H2,1-2H3. The molecule has 0 aliphatic carbocycles. The van der Waals surface area contributed by atoms with Crippen LogP contribution in [0, 0.1) is 0 Å². The van der Waals surface area contributed by atoms with Crippen molar-refractivity contribution in [2.45, 2.75) is 45.1 Å². The van der Waals surface area contributed by atoms with Crippen molar-refractivity contribution in [1.82, 2.24) is 5.32 Å². The molecule has 1 saturated heterocycles. The smallest absolute Gasteiger partial charge is 0.326 e. The van der Waals surface area contributed by atoms with Crippen LogP contribution >= 0.6 is 0 Å². The fourth-order valence-corrected chi connectivity index (χ4v) is 1.99. The molecule has 0 aromatic heterocycles. The van der Waals surface area contributed by atoms with Gasteiger partial charge in [-0.15, -0.1) is 0 Å². The number of nitrogens with one attached hydrogen (secondary N) is 1. The van der Waals surface area contributed by atoms with E-state index in [0.29, 0.717) is 6.61 Å². The summed E-state index contributed by atoms with van der Waals surface area (Å²) in [5.74, 6) is -0.0608. The van der Waals surface area contributed by atoms with Crippen LogP contribution in [0.2, 0.25) is 0 Å². The summed E-state index contributed by atoms with van der Waals surface area (Å²) in [4.78, 5) is 11.7. The molecule has 1 rings (SSSR count). The third kappa shape index (κ3) is 2.21. The maximum absolute atomic E-state index is 11.7. The predicted molar refractivity (Wildman–Crippen MR) is 51.5 cm³/mol. The van der Waals surface area contributed by atoms with Crippen LogP contribution in [-0.4, -0.2) is 24.7 Å². The quantitative estimate of drug-likeness (QED) is 0.674. The van der Waals surface area contributed by atoms with Crippen molar-refractivity contribution < 1.29 is 9.53 Å². The van der Waals surface area contributed by atoms with E-state index in [9.17, 15) is 4.79 Å². The minimum absolute atomic E-state index is 0.0608. The van der Waals surface area contributed by atoms with Gasteiger partial charge in [-0.2, -0.15) is 0 Å². The van der Waals surface area contributed by atoms with Gasteiger partial charge in [0, 0.05) is 0 Å². The third-order valence-corrected chi connectivity index (χ3v) is 2.59. The van der Waals surface area contributed by atoms with Crippen molar-refractivity contribution in [1.29, 1.82) is 0 Å². The number of ether oxygens (including phenoxy) is 1. The molecule has 0 radical (unpaired) electrons. The highest BCUT2D eigenvalue weighted by atomic mass is 16.5. The zero-order chi connectivity index (χ0) is 9.73. The molecule has 1 fully saturated rings. The van der Waals surface area contributed by atoms with Crippen LogP contribution in [-0.2, 0) is 9.53 Å². The van der Waals surface area contributed by atoms with Crippen molar-refractivity contribution in [3.8, 4) is 0 Å². The van der Waals surface area contributed by atoms with Crippen LogP contribution in [0.3, 0.4) is 0 Å². The molecule has 13 heavy (non-hydrogen) atoms. The molecule has 3 nitrogen and oxygen atoms in total. The van der Waals surface area contributed by atoms with Gasteiger partial charge in [0.15, 0.2) is 0 Å². The Hall–Kier alpha value is -0.570. The Labute approximate surface area is 79.8 Å². The highest BCUT2D eigenvalue weighted by Gasteiger charge is 2.41. The zero-order valence-electron chi connectivity index (χ0n) is 8.56. The number of carbonyl (C=O) groups excluding carboxylic acids is 1. The van der Waals surface area contributed by atoms with E-state index in [1.807, 2.05) is 6.92 Å². The average molecular weight is 185 g/mol. The van der Waals surface area contributed by atoms with Crippen LogP contribution in [0.15, 0.2) is 0 Å². The van der Waals surface area contributed by atoms with Crippen LogP contribution in [0.1, 0.15) is 39.5 Å². The Balaban J connectivity index is 2.60. The fourth-order valence-electron chi connectivity index (χ4n) is 1.99. The van der Waals surface area contributed by atoms with Crippen molar-refractivity contribution in [3.05, 3.63) is 0 Å². The molecular weight excluding hydrogens is 166 g/mol. The van der Waals surface area contributed by atoms with Gasteiger partial charge in [-0.25, -0.2) is 0 Å². The maximum atomic E-state index is 11.7. The Kier molecular flexibility index (Phi) is 3.72. The van der Waals surface area contributed by atoms with Crippen molar-refractivity contribution >= 4 is 5.97 Å². The monoisotopic (exact) mass is 185 g/mol. The summed E-state index contributed by atoms with van der Waals surface area (Å²) in [5.41, 5.74) is -0.356. The first-order chi connectivity index (χ1) is 6.25. The van der Waals surface area contributed by atoms with Crippen molar-refractivity contribution in [3.63, 3.8) is 0 Å². The lowest BCUT2D eigenvalue weighted by atomic mass is 9.92. The summed E-state index contributed by atoms with van der Waals surface area (Å²) in [6, 6.07) is 0. The van der Waals surface area contributed by atoms with Gasteiger partial charge in [-0.05, 0) is 32.7 Å². The van der Waals surface area contributed by atoms with Gasteiger partial charge in [0.1, 0.15) is 5.54 Å². The van der Waals surface area contributed by atoms with Gasteiger partial charge in [0.25, 0.3) is 0 Å². The van der Waals surface area contributed by atoms with E-state index in [0.717, 1.165) is 32.2 Å². The second kappa shape index (κ2) is 4.61. The second-order valence-electron chi connectivity index (χ2n) is 3.58. The zero-order valence-corrected chi connectivity index (χ0v) is 8.56. The second-order valence-corrected chi connectivity index (χ2v) is 3.58. The molecule has 1 N–H and O–H groups in total. The molecule has 0 spiro atoms. The first-order valence-corrected chi connectivity index (χ1v) is 5.17. The Morgan fingerprint density at radius 1 is 1.54 bits per heavy atom. The van der Waals surface area contributed by atoms with E-state index in [1.54, 1.807) is 0 Å². The van der Waals surface area contributed by atoms with Crippen molar-refractivity contribution in [2.75, 3.05) is 13.2 Å². The maximum Gasteiger partial charge on any atom is 0.326 e. The number of carbonyl (C=O) groups is 1. The summed E-state index contributed by atoms with van der Waals surface area (Å²) in [5, 5.41) is 3.28. The fraction of sp³-hybridized carbons (Fsp3) is 0.900. The van der Waals surface area contributed by atoms with E-state index < -0.39 is 0 Å². The molecule has 1 aliphatic heterocycles. The number of hydrogen-bond acceptors (Lipinski definition) is 3. The molecule has 76 valence electrons. The van der Waals surface area contributed by atoms with Gasteiger partial charge in [0.05, 0.1) is 6.61 Å². The lowest BCUT2D eigenvalue weighted by Crippen LogP contribution is -2.48. The Morgan fingerprint density at radius 3 is 2.77 bits per heavy atom. The van der Waals surface area contributed by atoms with Gasteiger partial charge < -0.3 is 10.1 Å². The van der Waals surface area contributed by atoms with Crippen LogP contribution < -0.4 is 5.32 Å². The van der Waals surface area contributed by atoms with Crippen LogP contribution in [0.25, 0.3) is 0 Å². The summed E-state index contributed by atoms with van der Waals surface area (Å²) in [6.07, 6.45) is 3.93. The molecule has 0 bridgehead atoms. The molecule has 0 aromatic carbocycles. The largest absolute Gasteiger partial charge is 0.465 e. The third-order valence-electron chi connectivity index (χ3n) is 2.59. The van der Waals surface area contributed by atoms with E-state index in [-0.39, 0.29) is 11.5 Å². The first-order valence-electron chi connectivity index (χ1n) is 5.17. The van der Waals surface area contributed by atoms with Crippen molar-refractivity contribution in [2.24, 2.45) is 0 Å². The van der Waals surface area contributed by atoms with Crippen LogP contribution in [0.4, 0.5) is 0 Å². The molecule has 1 unspecified atom stereocenters. The summed E-state index contributed by atoms with van der Waals surface area (Å²) in [6.45, 7) is 5.37. The van der Waals surface area contributed by atoms with E-state index in [4.69, 9.17) is 4.74 Å². The van der Waals surface area contributed by atoms with Crippen LogP contribution in [0.5, 0.6) is 0 Å². The highest BCUT2D eigenvalue weighted by molar-refractivity contribution is 5.81. The van der Waals surface area contributed by atoms with E-state index >= 15 is 0 Å². The van der Waals surface area contributed by atoms with Gasteiger partial charge in [0.2, 0.25) is 0 Å². The normalized spacial score (nSPS) is 27.5. The van der Waals surface area contributed by atoms with E-state index in [1.165, 1.54) is 0 Å². The predicted octanol–water partition coefficient (Wildman–Crippen LogP) is 1.47. The molecule has 3 heteroatoms. The first kappa shape index (κ1) is 10.5. The lowest BCUT2D eigenvalue weighted by molar-refractivity contribution is -0.150. The molecule has 1 heterocycles. The number of hydrogen-bond donors (Lipinski definition) is 1. The molecule has 0 aromatic rings. The Morgan fingerprint density at radius 2 is 2.31 bits per heavy atom. The average Bonchev–Trinajstić information content (AvgIpc) is 2.55. The molecule has 0 amide bonds. The number of rotatable bonds is 4. The highest BCUT2D eigenvalue weighted by Crippen LogP contribution is 2.25.